The van der Waals surface area contributed by atoms with E-state index in [1.54, 1.807) is 0 Å². The lowest BCUT2D eigenvalue weighted by molar-refractivity contribution is 0.586. The lowest BCUT2D eigenvalue weighted by atomic mass is 10.1. The van der Waals surface area contributed by atoms with Gasteiger partial charge in [0.25, 0.3) is 0 Å². The molecule has 2 aromatic rings. The first-order valence-corrected chi connectivity index (χ1v) is 11.5. The van der Waals surface area contributed by atoms with E-state index in [0.29, 0.717) is 5.25 Å². The van der Waals surface area contributed by atoms with Gasteiger partial charge in [-0.05, 0) is 36.3 Å². The maximum atomic E-state index is 6.06. The number of aryl methyl sites for hydroxylation is 1. The Bertz CT molecular complexity index is 568. The van der Waals surface area contributed by atoms with Crippen molar-refractivity contribution in [2.24, 2.45) is 0 Å². The first kappa shape index (κ1) is 21.4. The van der Waals surface area contributed by atoms with Crippen LogP contribution in [-0.2, 0) is 6.54 Å². The smallest absolute Gasteiger partial charge is 0.0945 e. The molecule has 26 heavy (non-hydrogen) atoms. The van der Waals surface area contributed by atoms with E-state index in [4.69, 9.17) is 11.6 Å². The Balaban J connectivity index is 1.70. The summed E-state index contributed by atoms with van der Waals surface area (Å²) in [6, 6.07) is 8.39. The van der Waals surface area contributed by atoms with Crippen LogP contribution in [0.15, 0.2) is 43.0 Å². The molecule has 0 fully saturated rings. The van der Waals surface area contributed by atoms with E-state index < -0.39 is 0 Å². The highest BCUT2D eigenvalue weighted by Crippen LogP contribution is 2.34. The molecule has 0 aliphatic heterocycles. The zero-order chi connectivity index (χ0) is 18.5. The Morgan fingerprint density at radius 3 is 2.35 bits per heavy atom. The van der Waals surface area contributed by atoms with Gasteiger partial charge in [-0.25, -0.2) is 4.98 Å². The van der Waals surface area contributed by atoms with E-state index in [0.717, 1.165) is 18.0 Å². The molecule has 0 saturated carbocycles. The van der Waals surface area contributed by atoms with Crippen molar-refractivity contribution in [2.75, 3.05) is 5.75 Å². The van der Waals surface area contributed by atoms with Crippen molar-refractivity contribution in [3.05, 3.63) is 53.6 Å². The number of benzene rings is 1. The zero-order valence-corrected chi connectivity index (χ0v) is 17.7. The van der Waals surface area contributed by atoms with E-state index in [1.807, 2.05) is 30.9 Å². The van der Waals surface area contributed by atoms with Crippen LogP contribution < -0.4 is 0 Å². The molecule has 0 amide bonds. The first-order valence-electron chi connectivity index (χ1n) is 10.1. The van der Waals surface area contributed by atoms with Gasteiger partial charge in [0.2, 0.25) is 0 Å². The third kappa shape index (κ3) is 8.64. The van der Waals surface area contributed by atoms with Crippen LogP contribution in [0, 0.1) is 0 Å². The monoisotopic (exact) mass is 392 g/mol. The molecule has 0 N–H and O–H groups in total. The Hall–Kier alpha value is -0.930. The standard InChI is InChI=1S/C22H33ClN2S/c1-2-3-4-5-6-7-8-9-18-26-22(14-16-25-17-15-24-19-25)20-10-12-21(23)13-11-20/h10-13,15,17,19,22H,2-9,14,16,18H2,1H3. The number of hydrogen-bond acceptors (Lipinski definition) is 2. The number of nitrogens with zero attached hydrogens (tertiary/aromatic N) is 2. The minimum absolute atomic E-state index is 0.527. The van der Waals surface area contributed by atoms with Crippen LogP contribution in [0.5, 0.6) is 0 Å². The predicted molar refractivity (Wildman–Crippen MR) is 116 cm³/mol. The molecule has 0 bridgehead atoms. The van der Waals surface area contributed by atoms with Gasteiger partial charge in [-0.1, -0.05) is 75.6 Å². The number of rotatable bonds is 14. The number of imidazole rings is 1. The predicted octanol–water partition coefficient (Wildman–Crippen LogP) is 7.54. The van der Waals surface area contributed by atoms with Crippen molar-refractivity contribution in [1.29, 1.82) is 0 Å². The summed E-state index contributed by atoms with van der Waals surface area (Å²) in [5.41, 5.74) is 1.39. The van der Waals surface area contributed by atoms with E-state index in [-0.39, 0.29) is 0 Å². The van der Waals surface area contributed by atoms with Crippen molar-refractivity contribution in [3.63, 3.8) is 0 Å². The number of thioether (sulfide) groups is 1. The molecule has 1 atom stereocenters. The molecule has 144 valence electrons. The summed E-state index contributed by atoms with van der Waals surface area (Å²) in [6.07, 6.45) is 18.0. The molecule has 0 radical (unpaired) electrons. The van der Waals surface area contributed by atoms with Gasteiger partial charge < -0.3 is 4.57 Å². The molecule has 0 spiro atoms. The second-order valence-corrected chi connectivity index (χ2v) is 8.72. The molecule has 0 aliphatic carbocycles. The number of unbranched alkanes of at least 4 members (excludes halogenated alkanes) is 7. The molecule has 0 aliphatic rings. The van der Waals surface area contributed by atoms with Crippen molar-refractivity contribution in [3.8, 4) is 0 Å². The minimum Gasteiger partial charge on any atom is -0.337 e. The molecule has 0 saturated heterocycles. The average molecular weight is 393 g/mol. The van der Waals surface area contributed by atoms with Gasteiger partial charge >= 0.3 is 0 Å². The molecule has 1 heterocycles. The van der Waals surface area contributed by atoms with Crippen LogP contribution in [0.3, 0.4) is 0 Å². The highest BCUT2D eigenvalue weighted by molar-refractivity contribution is 7.99. The largest absolute Gasteiger partial charge is 0.337 e. The molecule has 2 rings (SSSR count). The van der Waals surface area contributed by atoms with Crippen LogP contribution in [0.1, 0.15) is 75.5 Å². The Kier molecular flexibility index (Phi) is 10.9. The second-order valence-electron chi connectivity index (χ2n) is 6.98. The number of hydrogen-bond donors (Lipinski definition) is 0. The molecular weight excluding hydrogens is 360 g/mol. The van der Waals surface area contributed by atoms with E-state index in [2.05, 4.69) is 40.4 Å². The van der Waals surface area contributed by atoms with Crippen LogP contribution in [0.4, 0.5) is 0 Å². The van der Waals surface area contributed by atoms with Gasteiger partial charge in [-0.15, -0.1) is 0 Å². The normalized spacial score (nSPS) is 12.4. The van der Waals surface area contributed by atoms with Gasteiger partial charge in [0.05, 0.1) is 6.33 Å². The topological polar surface area (TPSA) is 17.8 Å². The SMILES string of the molecule is CCCCCCCCCCSC(CCn1ccnc1)c1ccc(Cl)cc1. The third-order valence-corrected chi connectivity index (χ3v) is 6.45. The second kappa shape index (κ2) is 13.3. The maximum Gasteiger partial charge on any atom is 0.0945 e. The first-order chi connectivity index (χ1) is 12.8. The Morgan fingerprint density at radius 1 is 1.00 bits per heavy atom. The molecule has 4 heteroatoms. The van der Waals surface area contributed by atoms with Gasteiger partial charge in [0, 0.05) is 29.2 Å². The highest BCUT2D eigenvalue weighted by atomic mass is 35.5. The Labute approximate surface area is 168 Å². The van der Waals surface area contributed by atoms with Gasteiger partial charge in [-0.3, -0.25) is 0 Å². The van der Waals surface area contributed by atoms with Crippen molar-refractivity contribution < 1.29 is 0 Å². The highest BCUT2D eigenvalue weighted by Gasteiger charge is 2.12. The van der Waals surface area contributed by atoms with Crippen LogP contribution >= 0.6 is 23.4 Å². The average Bonchev–Trinajstić information content (AvgIpc) is 3.17. The summed E-state index contributed by atoms with van der Waals surface area (Å²) >= 11 is 8.16. The summed E-state index contributed by atoms with van der Waals surface area (Å²) in [5.74, 6) is 1.24. The summed E-state index contributed by atoms with van der Waals surface area (Å²) in [5, 5.41) is 1.34. The quantitative estimate of drug-likeness (QED) is 0.309. The number of halogens is 1. The Morgan fingerprint density at radius 2 is 1.69 bits per heavy atom. The van der Waals surface area contributed by atoms with E-state index in [1.165, 1.54) is 62.7 Å². The van der Waals surface area contributed by atoms with E-state index in [9.17, 15) is 0 Å². The van der Waals surface area contributed by atoms with E-state index >= 15 is 0 Å². The fourth-order valence-electron chi connectivity index (χ4n) is 3.17. The lowest BCUT2D eigenvalue weighted by Gasteiger charge is -2.17. The lowest BCUT2D eigenvalue weighted by Crippen LogP contribution is -2.02. The molecular formula is C22H33ClN2S. The third-order valence-electron chi connectivity index (χ3n) is 4.77. The summed E-state index contributed by atoms with van der Waals surface area (Å²) in [4.78, 5) is 4.15. The molecule has 2 nitrogen and oxygen atoms in total. The maximum absolute atomic E-state index is 6.06. The van der Waals surface area contributed by atoms with Crippen molar-refractivity contribution in [1.82, 2.24) is 9.55 Å². The van der Waals surface area contributed by atoms with Crippen molar-refractivity contribution in [2.45, 2.75) is 76.5 Å². The van der Waals surface area contributed by atoms with Crippen LogP contribution in [0.2, 0.25) is 5.02 Å². The summed E-state index contributed by atoms with van der Waals surface area (Å²) in [7, 11) is 0. The minimum atomic E-state index is 0.527. The van der Waals surface area contributed by atoms with Gasteiger partial charge in [0.1, 0.15) is 0 Å². The fourth-order valence-corrected chi connectivity index (χ4v) is 4.57. The zero-order valence-electron chi connectivity index (χ0n) is 16.1. The fraction of sp³-hybridized carbons (Fsp3) is 0.591. The van der Waals surface area contributed by atoms with Gasteiger partial charge in [-0.2, -0.15) is 11.8 Å². The van der Waals surface area contributed by atoms with Crippen LogP contribution in [0.25, 0.3) is 0 Å². The summed E-state index contributed by atoms with van der Waals surface area (Å²) in [6.45, 7) is 3.29. The summed E-state index contributed by atoms with van der Waals surface area (Å²) < 4.78 is 2.17. The van der Waals surface area contributed by atoms with Crippen molar-refractivity contribution >= 4 is 23.4 Å². The van der Waals surface area contributed by atoms with Crippen LogP contribution in [-0.4, -0.2) is 15.3 Å². The molecule has 1 aromatic heterocycles. The number of aromatic nitrogens is 2. The van der Waals surface area contributed by atoms with Gasteiger partial charge in [0.15, 0.2) is 0 Å². The molecule has 1 unspecified atom stereocenters. The molecule has 1 aromatic carbocycles.